The number of thioether (sulfide) groups is 1. The molecule has 138 valence electrons. The largest absolute Gasteiger partial charge is 0.385 e. The lowest BCUT2D eigenvalue weighted by Gasteiger charge is -2.29. The summed E-state index contributed by atoms with van der Waals surface area (Å²) in [5, 5.41) is 4.70. The molecule has 1 saturated carbocycles. The lowest BCUT2D eigenvalue weighted by Crippen LogP contribution is -2.39. The predicted molar refractivity (Wildman–Crippen MR) is 107 cm³/mol. The van der Waals surface area contributed by atoms with Crippen molar-refractivity contribution >= 4 is 32.5 Å². The van der Waals surface area contributed by atoms with E-state index < -0.39 is 10.0 Å². The van der Waals surface area contributed by atoms with Gasteiger partial charge in [-0.2, -0.15) is 0 Å². The molecule has 5 nitrogen and oxygen atoms in total. The van der Waals surface area contributed by atoms with Crippen molar-refractivity contribution in [1.29, 1.82) is 0 Å². The Kier molecular flexibility index (Phi) is 6.41. The van der Waals surface area contributed by atoms with Gasteiger partial charge in [-0.15, -0.1) is 11.8 Å². The first-order valence-corrected chi connectivity index (χ1v) is 11.7. The second kappa shape index (κ2) is 8.56. The van der Waals surface area contributed by atoms with Gasteiger partial charge < -0.3 is 5.32 Å². The minimum atomic E-state index is -3.08. The van der Waals surface area contributed by atoms with Gasteiger partial charge in [-0.1, -0.05) is 12.1 Å². The molecule has 1 fully saturated rings. The van der Waals surface area contributed by atoms with Gasteiger partial charge in [0.15, 0.2) is 0 Å². The Morgan fingerprint density at radius 3 is 2.72 bits per heavy atom. The van der Waals surface area contributed by atoms with Crippen molar-refractivity contribution in [3.63, 3.8) is 0 Å². The molecule has 25 heavy (non-hydrogen) atoms. The fourth-order valence-electron chi connectivity index (χ4n) is 3.36. The van der Waals surface area contributed by atoms with Crippen LogP contribution in [0, 0.1) is 5.92 Å². The van der Waals surface area contributed by atoms with Gasteiger partial charge >= 0.3 is 0 Å². The summed E-state index contributed by atoms with van der Waals surface area (Å²) in [5.41, 5.74) is 2.34. The Balaban J connectivity index is 1.46. The summed E-state index contributed by atoms with van der Waals surface area (Å²) in [7, 11) is -3.08. The van der Waals surface area contributed by atoms with Crippen LogP contribution in [0.1, 0.15) is 38.2 Å². The number of aliphatic imine (C=N–C) groups is 1. The highest BCUT2D eigenvalue weighted by Crippen LogP contribution is 2.26. The maximum Gasteiger partial charge on any atom is 0.211 e. The second-order valence-electron chi connectivity index (χ2n) is 6.74. The van der Waals surface area contributed by atoms with Gasteiger partial charge in [0.05, 0.1) is 10.8 Å². The molecular weight excluding hydrogens is 354 g/mol. The fraction of sp³-hybridized carbons (Fsp3) is 0.611. The molecule has 0 bridgehead atoms. The smallest absolute Gasteiger partial charge is 0.211 e. The van der Waals surface area contributed by atoms with Crippen molar-refractivity contribution in [2.45, 2.75) is 38.6 Å². The van der Waals surface area contributed by atoms with E-state index in [0.717, 1.165) is 55.3 Å². The van der Waals surface area contributed by atoms with E-state index in [1.165, 1.54) is 5.56 Å². The lowest BCUT2D eigenvalue weighted by molar-refractivity contribution is 0.324. The Morgan fingerprint density at radius 1 is 1.24 bits per heavy atom. The van der Waals surface area contributed by atoms with Gasteiger partial charge in [0.1, 0.15) is 0 Å². The molecule has 1 aromatic carbocycles. The molecule has 1 aliphatic carbocycles. The zero-order chi connectivity index (χ0) is 17.7. The Labute approximate surface area is 155 Å². The maximum absolute atomic E-state index is 11.7. The third-order valence-electron chi connectivity index (χ3n) is 4.86. The fourth-order valence-corrected chi connectivity index (χ4v) is 5.12. The van der Waals surface area contributed by atoms with Crippen LogP contribution in [0.15, 0.2) is 29.3 Å². The first kappa shape index (κ1) is 18.7. The van der Waals surface area contributed by atoms with Crippen LogP contribution in [0.2, 0.25) is 0 Å². The van der Waals surface area contributed by atoms with E-state index in [2.05, 4.69) is 39.3 Å². The molecular formula is C18H27N3O2S2. The third-order valence-corrected chi connectivity index (χ3v) is 7.34. The normalized spacial score (nSPS) is 24.1. The summed E-state index contributed by atoms with van der Waals surface area (Å²) >= 11 is 1.82. The summed E-state index contributed by atoms with van der Waals surface area (Å²) in [6, 6.07) is 8.59. The number of anilines is 1. The number of benzene rings is 1. The van der Waals surface area contributed by atoms with Crippen molar-refractivity contribution in [2.24, 2.45) is 10.9 Å². The first-order chi connectivity index (χ1) is 12.1. The van der Waals surface area contributed by atoms with E-state index in [4.69, 9.17) is 0 Å². The van der Waals surface area contributed by atoms with E-state index in [9.17, 15) is 8.42 Å². The van der Waals surface area contributed by atoms with Gasteiger partial charge in [0.2, 0.25) is 10.0 Å². The van der Waals surface area contributed by atoms with Crippen molar-refractivity contribution in [3.8, 4) is 0 Å². The number of rotatable bonds is 7. The highest BCUT2D eigenvalue weighted by molar-refractivity contribution is 8.14. The van der Waals surface area contributed by atoms with Crippen LogP contribution in [0.4, 0.5) is 5.69 Å². The van der Waals surface area contributed by atoms with Gasteiger partial charge in [-0.3, -0.25) is 4.99 Å². The van der Waals surface area contributed by atoms with E-state index in [1.54, 1.807) is 6.92 Å². The number of hydrogen-bond acceptors (Lipinski definition) is 5. The van der Waals surface area contributed by atoms with E-state index in [-0.39, 0.29) is 11.8 Å². The molecule has 0 amide bonds. The molecule has 2 aliphatic rings. The van der Waals surface area contributed by atoms with Crippen molar-refractivity contribution < 1.29 is 8.42 Å². The summed E-state index contributed by atoms with van der Waals surface area (Å²) in [6.45, 7) is 3.54. The van der Waals surface area contributed by atoms with E-state index >= 15 is 0 Å². The summed E-state index contributed by atoms with van der Waals surface area (Å²) < 4.78 is 26.1. The molecule has 3 rings (SSSR count). The van der Waals surface area contributed by atoms with Crippen molar-refractivity contribution in [3.05, 3.63) is 29.8 Å². The van der Waals surface area contributed by atoms with Crippen LogP contribution in [0.3, 0.4) is 0 Å². The van der Waals surface area contributed by atoms with Gasteiger partial charge in [-0.25, -0.2) is 13.1 Å². The minimum absolute atomic E-state index is 0.113. The molecule has 7 heteroatoms. The molecule has 0 aromatic heterocycles. The van der Waals surface area contributed by atoms with Crippen molar-refractivity contribution in [1.82, 2.24) is 4.72 Å². The Hall–Kier alpha value is -1.05. The Bertz CT molecular complexity index is 711. The van der Waals surface area contributed by atoms with Crippen LogP contribution in [-0.4, -0.2) is 44.1 Å². The quantitative estimate of drug-likeness (QED) is 0.761. The second-order valence-corrected chi connectivity index (χ2v) is 9.86. The van der Waals surface area contributed by atoms with Gasteiger partial charge in [0, 0.05) is 36.1 Å². The monoisotopic (exact) mass is 381 g/mol. The Morgan fingerprint density at radius 2 is 2.04 bits per heavy atom. The van der Waals surface area contributed by atoms with Gasteiger partial charge in [-0.05, 0) is 50.7 Å². The van der Waals surface area contributed by atoms with Crippen LogP contribution >= 0.6 is 11.8 Å². The highest BCUT2D eigenvalue weighted by Gasteiger charge is 2.24. The van der Waals surface area contributed by atoms with E-state index in [1.807, 2.05) is 11.8 Å². The number of nitrogens with zero attached hydrogens (tertiary/aromatic N) is 1. The average molecular weight is 382 g/mol. The lowest BCUT2D eigenvalue weighted by atomic mass is 9.86. The maximum atomic E-state index is 11.7. The predicted octanol–water partition coefficient (Wildman–Crippen LogP) is 3.09. The molecule has 0 radical (unpaired) electrons. The zero-order valence-electron chi connectivity index (χ0n) is 14.7. The summed E-state index contributed by atoms with van der Waals surface area (Å²) in [4.78, 5) is 4.54. The average Bonchev–Trinajstić information content (AvgIpc) is 3.16. The summed E-state index contributed by atoms with van der Waals surface area (Å²) in [5.74, 6) is 1.84. The number of hydrogen-bond donors (Lipinski definition) is 2. The standard InChI is InChI=1S/C18H27N3O2S2/c1-2-25(22,23)21-16-8-6-14(7-9-16)13-20-17-5-3-4-15(12-17)18-19-10-11-24-18/h3-5,12,14,16,20-21H,2,6-11,13H2,1H3. The number of sulfonamides is 1. The SMILES string of the molecule is CCS(=O)(=O)NC1CCC(CNc2cccc(C3=NCCS3)c2)CC1. The minimum Gasteiger partial charge on any atom is -0.385 e. The van der Waals surface area contributed by atoms with E-state index in [0.29, 0.717) is 5.92 Å². The molecule has 2 N–H and O–H groups in total. The van der Waals surface area contributed by atoms with Crippen molar-refractivity contribution in [2.75, 3.05) is 29.9 Å². The highest BCUT2D eigenvalue weighted by atomic mass is 32.2. The first-order valence-electron chi connectivity index (χ1n) is 9.07. The third kappa shape index (κ3) is 5.46. The topological polar surface area (TPSA) is 70.6 Å². The molecule has 1 heterocycles. The molecule has 0 saturated heterocycles. The van der Waals surface area contributed by atoms with Crippen LogP contribution < -0.4 is 10.0 Å². The summed E-state index contributed by atoms with van der Waals surface area (Å²) in [6.07, 6.45) is 3.98. The van der Waals surface area contributed by atoms with Gasteiger partial charge in [0.25, 0.3) is 0 Å². The number of nitrogens with one attached hydrogen (secondary N) is 2. The molecule has 0 spiro atoms. The molecule has 1 aromatic rings. The van der Waals surface area contributed by atoms with Crippen LogP contribution in [0.25, 0.3) is 0 Å². The zero-order valence-corrected chi connectivity index (χ0v) is 16.3. The molecule has 0 unspecified atom stereocenters. The van der Waals surface area contributed by atoms with Crippen LogP contribution in [-0.2, 0) is 10.0 Å². The van der Waals surface area contributed by atoms with Crippen LogP contribution in [0.5, 0.6) is 0 Å². The molecule has 1 aliphatic heterocycles. The molecule has 0 atom stereocenters.